The molecule has 4 heteroatoms. The largest absolute Gasteiger partial charge is 0.338 e. The van der Waals surface area contributed by atoms with Crippen LogP contribution in [0.5, 0.6) is 0 Å². The minimum absolute atomic E-state index is 0.160. The highest BCUT2D eigenvalue weighted by Crippen LogP contribution is 2.27. The number of pyridine rings is 1. The number of nitrogens with zero attached hydrogens (tertiary/aromatic N) is 1. The lowest BCUT2D eigenvalue weighted by atomic mass is 9.99. The first kappa shape index (κ1) is 15.5. The number of nitrogens with one attached hydrogen (secondary N) is 1. The minimum Gasteiger partial charge on any atom is -0.338 e. The second kappa shape index (κ2) is 6.41. The Kier molecular flexibility index (Phi) is 4.33. The maximum absolute atomic E-state index is 12.7. The Morgan fingerprint density at radius 1 is 1.26 bits per heavy atom. The second-order valence-electron chi connectivity index (χ2n) is 6.48. The molecule has 1 aromatic heterocycles. The van der Waals surface area contributed by atoms with Crippen molar-refractivity contribution in [3.05, 3.63) is 69.6 Å². The van der Waals surface area contributed by atoms with Gasteiger partial charge in [0.2, 0.25) is 0 Å². The highest BCUT2D eigenvalue weighted by Gasteiger charge is 2.29. The highest BCUT2D eigenvalue weighted by molar-refractivity contribution is 5.94. The summed E-state index contributed by atoms with van der Waals surface area (Å²) in [7, 11) is 0. The summed E-state index contributed by atoms with van der Waals surface area (Å²) >= 11 is 0. The third kappa shape index (κ3) is 3.21. The third-order valence-electron chi connectivity index (χ3n) is 4.57. The van der Waals surface area contributed by atoms with Gasteiger partial charge in [0.15, 0.2) is 0 Å². The SMILES string of the molecule is CC(C)c1c[nH]c(=O)c(C(=O)N2CCC(c3ccccc3)C2)c1. The molecule has 0 spiro atoms. The van der Waals surface area contributed by atoms with Crippen LogP contribution in [-0.4, -0.2) is 28.9 Å². The van der Waals surface area contributed by atoms with Gasteiger partial charge >= 0.3 is 0 Å². The topological polar surface area (TPSA) is 53.2 Å². The molecule has 0 aliphatic carbocycles. The fourth-order valence-corrected chi connectivity index (χ4v) is 3.11. The van der Waals surface area contributed by atoms with E-state index in [-0.39, 0.29) is 22.9 Å². The zero-order chi connectivity index (χ0) is 16.4. The third-order valence-corrected chi connectivity index (χ3v) is 4.57. The van der Waals surface area contributed by atoms with Crippen LogP contribution >= 0.6 is 0 Å². The smallest absolute Gasteiger partial charge is 0.260 e. The van der Waals surface area contributed by atoms with E-state index in [9.17, 15) is 9.59 Å². The number of carbonyl (C=O) groups is 1. The Balaban J connectivity index is 1.80. The van der Waals surface area contributed by atoms with Crippen LogP contribution in [0.4, 0.5) is 0 Å². The molecule has 0 saturated carbocycles. The number of amides is 1. The van der Waals surface area contributed by atoms with Crippen molar-refractivity contribution in [3.63, 3.8) is 0 Å². The van der Waals surface area contributed by atoms with Crippen LogP contribution in [0.1, 0.15) is 53.6 Å². The Morgan fingerprint density at radius 2 is 2.00 bits per heavy atom. The van der Waals surface area contributed by atoms with Crippen LogP contribution in [0.25, 0.3) is 0 Å². The van der Waals surface area contributed by atoms with E-state index in [1.807, 2.05) is 32.0 Å². The Hall–Kier alpha value is -2.36. The van der Waals surface area contributed by atoms with Crippen LogP contribution in [0.2, 0.25) is 0 Å². The quantitative estimate of drug-likeness (QED) is 0.947. The predicted octanol–water partition coefficient (Wildman–Crippen LogP) is 3.13. The fraction of sp³-hybridized carbons (Fsp3) is 0.368. The Bertz CT molecular complexity index is 749. The summed E-state index contributed by atoms with van der Waals surface area (Å²) in [6, 6.07) is 12.0. The van der Waals surface area contributed by atoms with Crippen molar-refractivity contribution >= 4 is 5.91 Å². The lowest BCUT2D eigenvalue weighted by molar-refractivity contribution is 0.0789. The monoisotopic (exact) mass is 310 g/mol. The number of hydrogen-bond donors (Lipinski definition) is 1. The standard InChI is InChI=1S/C19H22N2O2/c1-13(2)16-10-17(18(22)20-11-16)19(23)21-9-8-15(12-21)14-6-4-3-5-7-14/h3-7,10-11,13,15H,8-9,12H2,1-2H3,(H,20,22). The van der Waals surface area contributed by atoms with Crippen LogP contribution in [0, 0.1) is 0 Å². The minimum atomic E-state index is -0.303. The summed E-state index contributed by atoms with van der Waals surface area (Å²) in [5, 5.41) is 0. The molecule has 1 fully saturated rings. The number of H-pyrrole nitrogens is 1. The van der Waals surface area contributed by atoms with Crippen molar-refractivity contribution in [3.8, 4) is 0 Å². The molecule has 1 unspecified atom stereocenters. The van der Waals surface area contributed by atoms with Crippen LogP contribution in [0.15, 0.2) is 47.4 Å². The van der Waals surface area contributed by atoms with E-state index in [1.165, 1.54) is 5.56 Å². The Labute approximate surface area is 136 Å². The molecule has 23 heavy (non-hydrogen) atoms. The van der Waals surface area contributed by atoms with Crippen molar-refractivity contribution in [2.45, 2.75) is 32.1 Å². The number of benzene rings is 1. The van der Waals surface area contributed by atoms with E-state index in [1.54, 1.807) is 17.2 Å². The van der Waals surface area contributed by atoms with E-state index in [2.05, 4.69) is 17.1 Å². The first-order valence-electron chi connectivity index (χ1n) is 8.13. The van der Waals surface area contributed by atoms with Gasteiger partial charge in [-0.05, 0) is 29.5 Å². The molecular formula is C19H22N2O2. The second-order valence-corrected chi connectivity index (χ2v) is 6.48. The zero-order valence-electron chi connectivity index (χ0n) is 13.6. The molecule has 1 atom stereocenters. The van der Waals surface area contributed by atoms with Gasteiger partial charge in [-0.3, -0.25) is 9.59 Å². The lowest BCUT2D eigenvalue weighted by Crippen LogP contribution is -2.33. The molecule has 4 nitrogen and oxygen atoms in total. The maximum Gasteiger partial charge on any atom is 0.260 e. The predicted molar refractivity (Wildman–Crippen MR) is 90.9 cm³/mol. The highest BCUT2D eigenvalue weighted by atomic mass is 16.2. The number of likely N-dealkylation sites (tertiary alicyclic amines) is 1. The van der Waals surface area contributed by atoms with Gasteiger partial charge in [-0.2, -0.15) is 0 Å². The van der Waals surface area contributed by atoms with Crippen LogP contribution < -0.4 is 5.56 Å². The molecule has 1 saturated heterocycles. The van der Waals surface area contributed by atoms with Gasteiger partial charge in [0, 0.05) is 25.2 Å². The maximum atomic E-state index is 12.7. The molecule has 0 radical (unpaired) electrons. The number of rotatable bonds is 3. The van der Waals surface area contributed by atoms with E-state index in [4.69, 9.17) is 0 Å². The molecule has 3 rings (SSSR count). The van der Waals surface area contributed by atoms with Gasteiger partial charge in [0.25, 0.3) is 11.5 Å². The zero-order valence-corrected chi connectivity index (χ0v) is 13.6. The molecular weight excluding hydrogens is 288 g/mol. The summed E-state index contributed by atoms with van der Waals surface area (Å²) in [5.74, 6) is 0.466. The molecule has 1 aliphatic heterocycles. The van der Waals surface area contributed by atoms with Crippen LogP contribution in [-0.2, 0) is 0 Å². The van der Waals surface area contributed by atoms with Crippen molar-refractivity contribution in [2.24, 2.45) is 0 Å². The summed E-state index contributed by atoms with van der Waals surface area (Å²) in [6.07, 6.45) is 2.64. The average Bonchev–Trinajstić information content (AvgIpc) is 3.05. The number of aromatic nitrogens is 1. The molecule has 1 aromatic carbocycles. The number of aromatic amines is 1. The van der Waals surface area contributed by atoms with E-state index < -0.39 is 0 Å². The summed E-state index contributed by atoms with van der Waals surface area (Å²) in [5.41, 5.74) is 2.19. The molecule has 2 aromatic rings. The van der Waals surface area contributed by atoms with E-state index in [0.717, 1.165) is 12.0 Å². The normalized spacial score (nSPS) is 17.7. The molecule has 1 amide bonds. The van der Waals surface area contributed by atoms with Crippen LogP contribution in [0.3, 0.4) is 0 Å². The first-order valence-corrected chi connectivity index (χ1v) is 8.13. The summed E-state index contributed by atoms with van der Waals surface area (Å²) in [4.78, 5) is 29.3. The van der Waals surface area contributed by atoms with E-state index in [0.29, 0.717) is 19.0 Å². The molecule has 0 bridgehead atoms. The molecule has 1 aliphatic rings. The van der Waals surface area contributed by atoms with Gasteiger partial charge in [-0.1, -0.05) is 44.2 Å². The molecule has 1 N–H and O–H groups in total. The number of hydrogen-bond acceptors (Lipinski definition) is 2. The van der Waals surface area contributed by atoms with E-state index >= 15 is 0 Å². The van der Waals surface area contributed by atoms with Crippen molar-refractivity contribution in [1.82, 2.24) is 9.88 Å². The molecule has 120 valence electrons. The lowest BCUT2D eigenvalue weighted by Gasteiger charge is -2.17. The molecule has 2 heterocycles. The fourth-order valence-electron chi connectivity index (χ4n) is 3.11. The van der Waals surface area contributed by atoms with Crippen molar-refractivity contribution < 1.29 is 4.79 Å². The first-order chi connectivity index (χ1) is 11.1. The van der Waals surface area contributed by atoms with Gasteiger partial charge in [0.1, 0.15) is 5.56 Å². The van der Waals surface area contributed by atoms with Gasteiger partial charge in [-0.15, -0.1) is 0 Å². The average molecular weight is 310 g/mol. The van der Waals surface area contributed by atoms with Gasteiger partial charge < -0.3 is 9.88 Å². The summed E-state index contributed by atoms with van der Waals surface area (Å²) < 4.78 is 0. The van der Waals surface area contributed by atoms with Crippen molar-refractivity contribution in [2.75, 3.05) is 13.1 Å². The summed E-state index contributed by atoms with van der Waals surface area (Å²) in [6.45, 7) is 5.46. The Morgan fingerprint density at radius 3 is 2.70 bits per heavy atom. The van der Waals surface area contributed by atoms with Gasteiger partial charge in [-0.25, -0.2) is 0 Å². The van der Waals surface area contributed by atoms with Gasteiger partial charge in [0.05, 0.1) is 0 Å². The number of carbonyl (C=O) groups excluding carboxylic acids is 1. The van der Waals surface area contributed by atoms with Crippen molar-refractivity contribution in [1.29, 1.82) is 0 Å².